The van der Waals surface area contributed by atoms with Crippen molar-refractivity contribution in [1.82, 2.24) is 9.88 Å². The van der Waals surface area contributed by atoms with Crippen LogP contribution >= 0.6 is 0 Å². The fourth-order valence-electron chi connectivity index (χ4n) is 2.30. The van der Waals surface area contributed by atoms with Crippen LogP contribution in [0.5, 0.6) is 5.75 Å². The van der Waals surface area contributed by atoms with Crippen molar-refractivity contribution in [3.63, 3.8) is 0 Å². The van der Waals surface area contributed by atoms with Crippen molar-refractivity contribution in [1.29, 1.82) is 0 Å². The molecule has 0 saturated carbocycles. The summed E-state index contributed by atoms with van der Waals surface area (Å²) in [4.78, 5) is 10.7. The first-order chi connectivity index (χ1) is 10.2. The Morgan fingerprint density at radius 2 is 2.19 bits per heavy atom. The quantitative estimate of drug-likeness (QED) is 0.616. The lowest BCUT2D eigenvalue weighted by atomic mass is 10.1. The third kappa shape index (κ3) is 4.53. The van der Waals surface area contributed by atoms with E-state index in [1.54, 1.807) is 6.20 Å². The molecule has 2 heterocycles. The third-order valence-corrected chi connectivity index (χ3v) is 3.58. The molecule has 1 fully saturated rings. The second kappa shape index (κ2) is 7.74. The van der Waals surface area contributed by atoms with Crippen LogP contribution in [0, 0.1) is 0 Å². The maximum absolute atomic E-state index is 5.98. The summed E-state index contributed by atoms with van der Waals surface area (Å²) >= 11 is 0. The summed E-state index contributed by atoms with van der Waals surface area (Å²) < 4.78 is 5.98. The van der Waals surface area contributed by atoms with Crippen molar-refractivity contribution in [2.24, 2.45) is 4.99 Å². The van der Waals surface area contributed by atoms with Crippen molar-refractivity contribution in [3.05, 3.63) is 42.3 Å². The van der Waals surface area contributed by atoms with Crippen molar-refractivity contribution >= 4 is 12.4 Å². The standard InChI is InChI=1S/C17H23N3O/c1-4-5-6-16(18-2)17-8-7-15(13-19-17)21-14-9-11-20(3)12-10-14/h4-8,13-14H,2,9-12H2,1,3H3/b5-4-,16-6-. The molecule has 0 amide bonds. The van der Waals surface area contributed by atoms with Gasteiger partial charge in [0.05, 0.1) is 17.6 Å². The van der Waals surface area contributed by atoms with E-state index in [-0.39, 0.29) is 0 Å². The highest BCUT2D eigenvalue weighted by molar-refractivity contribution is 5.66. The Hall–Kier alpha value is -1.94. The average molecular weight is 285 g/mol. The molecular formula is C17H23N3O. The molecule has 0 aliphatic carbocycles. The molecule has 1 aliphatic rings. The number of aliphatic imine (C=N–C) groups is 1. The summed E-state index contributed by atoms with van der Waals surface area (Å²) in [5.74, 6) is 0.822. The summed E-state index contributed by atoms with van der Waals surface area (Å²) in [5, 5.41) is 0. The Kier molecular flexibility index (Phi) is 5.69. The van der Waals surface area contributed by atoms with Crippen molar-refractivity contribution in [2.45, 2.75) is 25.9 Å². The van der Waals surface area contributed by atoms with Gasteiger partial charge in [-0.05, 0) is 51.7 Å². The molecule has 1 saturated heterocycles. The first-order valence-electron chi connectivity index (χ1n) is 7.34. The zero-order valence-electron chi connectivity index (χ0n) is 12.8. The van der Waals surface area contributed by atoms with E-state index in [1.807, 2.05) is 37.3 Å². The monoisotopic (exact) mass is 285 g/mol. The van der Waals surface area contributed by atoms with Gasteiger partial charge in [-0.15, -0.1) is 0 Å². The minimum Gasteiger partial charge on any atom is -0.489 e. The molecule has 0 bridgehead atoms. The van der Waals surface area contributed by atoms with E-state index >= 15 is 0 Å². The molecule has 0 radical (unpaired) electrons. The van der Waals surface area contributed by atoms with Crippen LogP contribution in [-0.4, -0.2) is 42.8 Å². The van der Waals surface area contributed by atoms with Crippen LogP contribution in [-0.2, 0) is 0 Å². The zero-order valence-corrected chi connectivity index (χ0v) is 12.8. The van der Waals surface area contributed by atoms with Gasteiger partial charge in [0.1, 0.15) is 11.9 Å². The lowest BCUT2D eigenvalue weighted by Gasteiger charge is -2.29. The summed E-state index contributed by atoms with van der Waals surface area (Å²) in [7, 11) is 2.15. The highest BCUT2D eigenvalue weighted by Gasteiger charge is 2.18. The Bertz CT molecular complexity index is 511. The van der Waals surface area contributed by atoms with Gasteiger partial charge in [-0.2, -0.15) is 0 Å². The van der Waals surface area contributed by atoms with Gasteiger partial charge >= 0.3 is 0 Å². The van der Waals surface area contributed by atoms with E-state index in [0.717, 1.165) is 43.1 Å². The van der Waals surface area contributed by atoms with Crippen molar-refractivity contribution < 1.29 is 4.74 Å². The number of hydrogen-bond donors (Lipinski definition) is 0. The number of rotatable bonds is 5. The van der Waals surface area contributed by atoms with E-state index in [2.05, 4.69) is 28.6 Å². The van der Waals surface area contributed by atoms with E-state index in [0.29, 0.717) is 6.10 Å². The maximum atomic E-state index is 5.98. The van der Waals surface area contributed by atoms with Crippen LogP contribution in [0.2, 0.25) is 0 Å². The van der Waals surface area contributed by atoms with Crippen LogP contribution < -0.4 is 4.74 Å². The molecule has 0 N–H and O–H groups in total. The van der Waals surface area contributed by atoms with Crippen molar-refractivity contribution in [3.8, 4) is 5.75 Å². The largest absolute Gasteiger partial charge is 0.489 e. The van der Waals surface area contributed by atoms with Crippen LogP contribution in [0.25, 0.3) is 5.70 Å². The molecule has 21 heavy (non-hydrogen) atoms. The molecule has 0 aromatic carbocycles. The fraction of sp³-hybridized carbons (Fsp3) is 0.412. The molecule has 2 rings (SSSR count). The molecule has 4 heteroatoms. The number of likely N-dealkylation sites (tertiary alicyclic amines) is 1. The fourth-order valence-corrected chi connectivity index (χ4v) is 2.30. The summed E-state index contributed by atoms with van der Waals surface area (Å²) in [6, 6.07) is 3.88. The van der Waals surface area contributed by atoms with E-state index in [1.165, 1.54) is 0 Å². The lowest BCUT2D eigenvalue weighted by molar-refractivity contribution is 0.114. The van der Waals surface area contributed by atoms with Crippen LogP contribution in [0.4, 0.5) is 0 Å². The van der Waals surface area contributed by atoms with Gasteiger partial charge in [0.15, 0.2) is 0 Å². The van der Waals surface area contributed by atoms with Crippen LogP contribution in [0.1, 0.15) is 25.5 Å². The Labute approximate surface area is 126 Å². The number of nitrogens with zero attached hydrogens (tertiary/aromatic N) is 3. The van der Waals surface area contributed by atoms with Crippen LogP contribution in [0.3, 0.4) is 0 Å². The number of pyridine rings is 1. The van der Waals surface area contributed by atoms with Gasteiger partial charge in [0.25, 0.3) is 0 Å². The van der Waals surface area contributed by atoms with Gasteiger partial charge in [-0.25, -0.2) is 0 Å². The molecule has 1 aliphatic heterocycles. The van der Waals surface area contributed by atoms with Gasteiger partial charge in [-0.3, -0.25) is 9.98 Å². The SMILES string of the molecule is C=N/C(=C\C=C/C)c1ccc(OC2CCN(C)CC2)cn1. The summed E-state index contributed by atoms with van der Waals surface area (Å²) in [6.07, 6.45) is 9.97. The normalized spacial score (nSPS) is 18.1. The van der Waals surface area contributed by atoms with Gasteiger partial charge in [-0.1, -0.05) is 12.2 Å². The van der Waals surface area contributed by atoms with Gasteiger partial charge in [0, 0.05) is 13.1 Å². The number of hydrogen-bond acceptors (Lipinski definition) is 4. The molecular weight excluding hydrogens is 262 g/mol. The predicted molar refractivity (Wildman–Crippen MR) is 87.7 cm³/mol. The molecule has 1 aromatic heterocycles. The average Bonchev–Trinajstić information content (AvgIpc) is 2.52. The molecule has 0 spiro atoms. The van der Waals surface area contributed by atoms with Crippen LogP contribution in [0.15, 0.2) is 41.6 Å². The first-order valence-corrected chi connectivity index (χ1v) is 7.34. The van der Waals surface area contributed by atoms with Crippen molar-refractivity contribution in [2.75, 3.05) is 20.1 Å². The maximum Gasteiger partial charge on any atom is 0.138 e. The molecule has 112 valence electrons. The minimum atomic E-state index is 0.296. The smallest absolute Gasteiger partial charge is 0.138 e. The highest BCUT2D eigenvalue weighted by Crippen LogP contribution is 2.20. The second-order valence-corrected chi connectivity index (χ2v) is 5.24. The highest BCUT2D eigenvalue weighted by atomic mass is 16.5. The number of ether oxygens (including phenoxy) is 1. The zero-order chi connectivity index (χ0) is 15.1. The molecule has 4 nitrogen and oxygen atoms in total. The minimum absolute atomic E-state index is 0.296. The Balaban J connectivity index is 2.00. The second-order valence-electron chi connectivity index (χ2n) is 5.24. The topological polar surface area (TPSA) is 37.7 Å². The summed E-state index contributed by atoms with van der Waals surface area (Å²) in [6.45, 7) is 7.73. The number of aromatic nitrogens is 1. The molecule has 1 aromatic rings. The van der Waals surface area contributed by atoms with Gasteiger partial charge in [0.2, 0.25) is 0 Å². The van der Waals surface area contributed by atoms with E-state index in [4.69, 9.17) is 4.74 Å². The number of piperidine rings is 1. The summed E-state index contributed by atoms with van der Waals surface area (Å²) in [5.41, 5.74) is 1.57. The lowest BCUT2D eigenvalue weighted by Crippen LogP contribution is -2.35. The predicted octanol–water partition coefficient (Wildman–Crippen LogP) is 3.17. The first kappa shape index (κ1) is 15.4. The number of allylic oxidation sites excluding steroid dienone is 3. The van der Waals surface area contributed by atoms with Gasteiger partial charge < -0.3 is 9.64 Å². The molecule has 0 unspecified atom stereocenters. The Morgan fingerprint density at radius 3 is 2.76 bits per heavy atom. The van der Waals surface area contributed by atoms with E-state index in [9.17, 15) is 0 Å². The van der Waals surface area contributed by atoms with E-state index < -0.39 is 0 Å². The molecule has 0 atom stereocenters. The Morgan fingerprint density at radius 1 is 1.43 bits per heavy atom. The third-order valence-electron chi connectivity index (χ3n) is 3.58.